The van der Waals surface area contributed by atoms with Crippen LogP contribution in [0.1, 0.15) is 108 Å². The first-order chi connectivity index (χ1) is 50.1. The summed E-state index contributed by atoms with van der Waals surface area (Å²) in [6.07, 6.45) is -0.181. The fourth-order valence-corrected chi connectivity index (χ4v) is 12.4. The Morgan fingerprint density at radius 3 is 2.00 bits per heavy atom. The zero-order valence-corrected chi connectivity index (χ0v) is 58.6. The molecule has 34 nitrogen and oxygen atoms in total. The molecule has 1 aromatic heterocycles. The van der Waals surface area contributed by atoms with Crippen LogP contribution in [0.15, 0.2) is 120 Å². The van der Waals surface area contributed by atoms with Gasteiger partial charge in [0.05, 0.1) is 0 Å². The molecule has 4 aromatic carbocycles. The average Bonchev–Trinajstić information content (AvgIpc) is 1.38. The van der Waals surface area contributed by atoms with Gasteiger partial charge in [-0.05, 0) is 119 Å². The molecular formula is C71H92N20O14. The Morgan fingerprint density at radius 2 is 1.36 bits per heavy atom. The molecule has 2 saturated heterocycles. The number of aliphatic imine (C=N–C) groups is 1. The van der Waals surface area contributed by atoms with E-state index in [1.165, 1.54) is 36.4 Å². The molecule has 2 fully saturated rings. The van der Waals surface area contributed by atoms with E-state index >= 15 is 19.2 Å². The molecule has 5 aromatic rings. The topological polar surface area (TPSA) is 544 Å². The molecule has 0 aliphatic carbocycles. The summed E-state index contributed by atoms with van der Waals surface area (Å²) in [6, 6.07) is 14.4. The van der Waals surface area contributed by atoms with Gasteiger partial charge in [0.15, 0.2) is 11.6 Å². The quantitative estimate of drug-likeness (QED) is 0.0104. The molecule has 7 rings (SSSR count). The number of benzene rings is 4. The first kappa shape index (κ1) is 80.7. The summed E-state index contributed by atoms with van der Waals surface area (Å²) in [6.45, 7) is 4.09. The lowest BCUT2D eigenvalue weighted by atomic mass is 9.97. The molecule has 0 radical (unpaired) electrons. The number of nitrogens with two attached hydrogens (primary N) is 4. The van der Waals surface area contributed by atoms with Crippen molar-refractivity contribution in [1.29, 1.82) is 0 Å². The Kier molecular flexibility index (Phi) is 30.1. The van der Waals surface area contributed by atoms with Gasteiger partial charge >= 0.3 is 5.97 Å². The summed E-state index contributed by atoms with van der Waals surface area (Å²) < 4.78 is 0. The molecule has 12 amide bonds. The van der Waals surface area contributed by atoms with E-state index in [1.54, 1.807) is 44.2 Å². The maximum absolute atomic E-state index is 15.2. The summed E-state index contributed by atoms with van der Waals surface area (Å²) in [5.41, 5.74) is 32.0. The monoisotopic (exact) mass is 1450 g/mol. The molecule has 19 N–H and O–H groups in total. The number of guanidine groups is 1. The third-order valence-electron chi connectivity index (χ3n) is 17.7. The molecule has 3 heterocycles. The van der Waals surface area contributed by atoms with Crippen molar-refractivity contribution in [3.63, 3.8) is 0 Å². The average molecular weight is 1450 g/mol. The maximum atomic E-state index is 15.2. The lowest BCUT2D eigenvalue weighted by Crippen LogP contribution is -2.70. The standard InChI is InChI=1S/C71H92N20O14/c1-40(2)31-52-61(96)83-51(67(102)91-30-12-20-57(91)66(101)86-56(38-72)68(103)104)18-8-9-28-78-58(93)26-25-50(82-62(97)53(80-41(3)92)34-42-21-23-45-14-4-6-16-47(45)32-42)65(100)88-71(75,37-44-13-10-27-77-39-44)69(105)87-55(36-59(94)89-90-76)64(99)81-49(19-11-29-79-70(73)74)60(95)85-54(63(98)84-52)35-43-22-24-46-15-5-7-17-48(46)33-43/h4-7,10,13-17,21-24,27,32-33,39-40,49-57H,8-9,11-12,18-20,25-26,28-31,34-38,72,75H2,1-3H3,(H,78,93)(H,80,92)(H,81,99)(H,82,97)(H,83,96)(H,84,98)(H,85,95)(H,86,101)(H,87,105)(H,88,100)(H,103,104)(H4,73,74,79)/t49-,50+,51-,52-,53+,54+,55-,56-,57-,71+/m0/s1. The number of rotatable bonds is 22. The Balaban J connectivity index is 1.32. The van der Waals surface area contributed by atoms with Crippen molar-refractivity contribution in [3.8, 4) is 0 Å². The SMILES string of the molecule is CC(=O)N[C@H](Cc1ccc2ccccc2c1)C(=O)N[C@@H]1CCC(=O)NCCCC[C@@H](C(=O)N2CCC[C@H]2C(=O)N[C@@H](CN)C(=O)O)NC(=O)[C@H](CC(C)C)NC(=O)[C@@H](Cc2ccc3ccccc3c2)NC(=O)[C@H](CCCN=C(N)N)NC(=O)[C@H](CC(=O)N=[N+]=[N-])NC(=O)[C@@](N)(Cc2cccnc2)NC1=O. The van der Waals surface area contributed by atoms with Gasteiger partial charge in [0.2, 0.25) is 65.0 Å². The Hall–Kier alpha value is -11.6. The van der Waals surface area contributed by atoms with Crippen LogP contribution >= 0.6 is 0 Å². The highest BCUT2D eigenvalue weighted by atomic mass is 16.4. The molecule has 2 aliphatic rings. The number of aliphatic carboxylic acids is 1. The molecule has 34 heteroatoms. The Labute approximate surface area is 604 Å². The highest BCUT2D eigenvalue weighted by molar-refractivity contribution is 6.01. The largest absolute Gasteiger partial charge is 0.480 e. The van der Waals surface area contributed by atoms with Crippen molar-refractivity contribution < 1.29 is 67.4 Å². The van der Waals surface area contributed by atoms with E-state index in [0.717, 1.165) is 21.5 Å². The van der Waals surface area contributed by atoms with Crippen LogP contribution in [0.5, 0.6) is 0 Å². The molecule has 0 unspecified atom stereocenters. The van der Waals surface area contributed by atoms with Crippen LogP contribution in [0.3, 0.4) is 0 Å². The molecule has 2 aliphatic heterocycles. The van der Waals surface area contributed by atoms with E-state index in [0.29, 0.717) is 17.5 Å². The fraction of sp³-hybridized carbons (Fsp3) is 0.451. The third kappa shape index (κ3) is 24.5. The fourth-order valence-electron chi connectivity index (χ4n) is 12.4. The van der Waals surface area contributed by atoms with Crippen LogP contribution in [0.25, 0.3) is 32.0 Å². The first-order valence-electron chi connectivity index (χ1n) is 34.6. The normalized spacial score (nSPS) is 21.9. The van der Waals surface area contributed by atoms with Crippen LogP contribution in [0.2, 0.25) is 0 Å². The number of aromatic nitrogens is 1. The maximum Gasteiger partial charge on any atom is 0.327 e. The number of nitrogens with zero attached hydrogens (tertiary/aromatic N) is 6. The van der Waals surface area contributed by atoms with Crippen molar-refractivity contribution in [2.45, 2.75) is 171 Å². The van der Waals surface area contributed by atoms with Crippen molar-refractivity contribution >= 4 is 104 Å². The Morgan fingerprint density at radius 1 is 0.724 bits per heavy atom. The van der Waals surface area contributed by atoms with Gasteiger partial charge in [-0.2, -0.15) is 0 Å². The van der Waals surface area contributed by atoms with Gasteiger partial charge in [0, 0.05) is 82.5 Å². The van der Waals surface area contributed by atoms with Gasteiger partial charge in [-0.1, -0.05) is 105 Å². The number of carboxylic acid groups (broad SMARTS) is 1. The van der Waals surface area contributed by atoms with Crippen molar-refractivity contribution in [1.82, 2.24) is 63.1 Å². The van der Waals surface area contributed by atoms with Gasteiger partial charge in [0.1, 0.15) is 54.4 Å². The summed E-state index contributed by atoms with van der Waals surface area (Å²) in [4.78, 5) is 198. The van der Waals surface area contributed by atoms with E-state index < -0.39 is 169 Å². The molecule has 0 spiro atoms. The molecule has 105 heavy (non-hydrogen) atoms. The number of carboxylic acids is 1. The minimum Gasteiger partial charge on any atom is -0.480 e. The highest BCUT2D eigenvalue weighted by Crippen LogP contribution is 2.23. The number of carbonyl (C=O) groups excluding carboxylic acids is 12. The summed E-state index contributed by atoms with van der Waals surface area (Å²) in [7, 11) is 0. The summed E-state index contributed by atoms with van der Waals surface area (Å²) in [5, 5.41) is 42.2. The van der Waals surface area contributed by atoms with Crippen LogP contribution in [-0.4, -0.2) is 184 Å². The second-order valence-corrected chi connectivity index (χ2v) is 26.4. The van der Waals surface area contributed by atoms with Gasteiger partial charge in [-0.15, -0.1) is 0 Å². The van der Waals surface area contributed by atoms with E-state index in [9.17, 15) is 53.8 Å². The number of fused-ring (bicyclic) bond motifs is 2. The Bertz CT molecular complexity index is 4080. The smallest absolute Gasteiger partial charge is 0.327 e. The number of hydrogen-bond donors (Lipinski definition) is 15. The van der Waals surface area contributed by atoms with Crippen LogP contribution in [0, 0.1) is 5.92 Å². The number of pyridine rings is 1. The number of likely N-dealkylation sites (tertiary alicyclic amines) is 1. The predicted molar refractivity (Wildman–Crippen MR) is 385 cm³/mol. The van der Waals surface area contributed by atoms with Crippen LogP contribution < -0.4 is 76.1 Å². The second-order valence-electron chi connectivity index (χ2n) is 26.4. The minimum atomic E-state index is -2.68. The summed E-state index contributed by atoms with van der Waals surface area (Å²) >= 11 is 0. The third-order valence-corrected chi connectivity index (χ3v) is 17.7. The van der Waals surface area contributed by atoms with Crippen molar-refractivity contribution in [2.75, 3.05) is 26.2 Å². The number of carbonyl (C=O) groups is 13. The molecule has 0 bridgehead atoms. The molecule has 10 atom stereocenters. The number of hydrogen-bond acceptors (Lipinski definition) is 17. The number of azide groups is 1. The van der Waals surface area contributed by atoms with Crippen LogP contribution in [-0.2, 0) is 81.6 Å². The zero-order chi connectivity index (χ0) is 76.3. The number of nitrogens with one attached hydrogen (secondary N) is 10. The van der Waals surface area contributed by atoms with Gasteiger partial charge < -0.3 is 86.1 Å². The van der Waals surface area contributed by atoms with Crippen LogP contribution in [0.4, 0.5) is 0 Å². The predicted octanol–water partition coefficient (Wildman–Crippen LogP) is -0.473. The molecule has 0 saturated carbocycles. The van der Waals surface area contributed by atoms with Gasteiger partial charge in [0.25, 0.3) is 5.91 Å². The van der Waals surface area contributed by atoms with Gasteiger partial charge in [-0.25, -0.2) is 4.79 Å². The highest BCUT2D eigenvalue weighted by Gasteiger charge is 2.43. The van der Waals surface area contributed by atoms with Crippen molar-refractivity contribution in [2.24, 2.45) is 39.0 Å². The molecule has 560 valence electrons. The van der Waals surface area contributed by atoms with Crippen molar-refractivity contribution in [3.05, 3.63) is 137 Å². The van der Waals surface area contributed by atoms with E-state index in [4.69, 9.17) is 22.9 Å². The lowest BCUT2D eigenvalue weighted by Gasteiger charge is -2.33. The van der Waals surface area contributed by atoms with E-state index in [-0.39, 0.29) is 94.9 Å². The lowest BCUT2D eigenvalue weighted by molar-refractivity contribution is -0.145. The zero-order valence-electron chi connectivity index (χ0n) is 58.6. The van der Waals surface area contributed by atoms with E-state index in [1.807, 2.05) is 54.6 Å². The second kappa shape index (κ2) is 39.1. The van der Waals surface area contributed by atoms with E-state index in [2.05, 4.69) is 73.2 Å². The van der Waals surface area contributed by atoms with Gasteiger partial charge in [-0.3, -0.25) is 67.5 Å². The summed E-state index contributed by atoms with van der Waals surface area (Å²) in [5.74, 6) is -13.7. The number of amides is 12. The molecular weight excluding hydrogens is 1360 g/mol. The minimum absolute atomic E-state index is 0.0215. The first-order valence-corrected chi connectivity index (χ1v) is 34.6.